The van der Waals surface area contributed by atoms with Gasteiger partial charge in [-0.1, -0.05) is 13.8 Å². The molecular formula is C20H28N2O4S. The van der Waals surface area contributed by atoms with Crippen LogP contribution in [0.2, 0.25) is 0 Å². The van der Waals surface area contributed by atoms with Gasteiger partial charge in [-0.05, 0) is 25.0 Å². The second-order valence-electron chi connectivity index (χ2n) is 8.36. The van der Waals surface area contributed by atoms with Gasteiger partial charge >= 0.3 is 5.97 Å². The second-order valence-corrected chi connectivity index (χ2v) is 9.53. The van der Waals surface area contributed by atoms with Crippen LogP contribution < -0.4 is 5.32 Å². The number of rotatable bonds is 6. The van der Waals surface area contributed by atoms with Crippen molar-refractivity contribution in [3.8, 4) is 0 Å². The third-order valence-corrected chi connectivity index (χ3v) is 7.37. The lowest BCUT2D eigenvalue weighted by atomic mass is 9.73. The molecule has 1 aromatic heterocycles. The highest BCUT2D eigenvalue weighted by Gasteiger charge is 2.62. The van der Waals surface area contributed by atoms with Gasteiger partial charge in [0.15, 0.2) is 0 Å². The Kier molecular flexibility index (Phi) is 5.03. The monoisotopic (exact) mass is 392 g/mol. The van der Waals surface area contributed by atoms with Gasteiger partial charge in [0.2, 0.25) is 5.91 Å². The number of likely N-dealkylation sites (tertiary alicyclic amines) is 1. The number of methoxy groups -OCH3 is 1. The number of esters is 1. The van der Waals surface area contributed by atoms with E-state index in [2.05, 4.69) is 10.2 Å². The quantitative estimate of drug-likeness (QED) is 0.753. The zero-order valence-electron chi connectivity index (χ0n) is 16.2. The number of nitrogens with one attached hydrogen (secondary N) is 1. The van der Waals surface area contributed by atoms with E-state index in [1.54, 1.807) is 0 Å². The van der Waals surface area contributed by atoms with Crippen LogP contribution >= 0.6 is 11.3 Å². The van der Waals surface area contributed by atoms with Crippen molar-refractivity contribution in [1.29, 1.82) is 0 Å². The fourth-order valence-electron chi connectivity index (χ4n) is 5.00. The number of nitrogens with zero attached hydrogens (tertiary/aromatic N) is 1. The van der Waals surface area contributed by atoms with Gasteiger partial charge in [-0.25, -0.2) is 4.79 Å². The highest BCUT2D eigenvalue weighted by Crippen LogP contribution is 2.54. The molecule has 7 heteroatoms. The number of thiophene rings is 1. The summed E-state index contributed by atoms with van der Waals surface area (Å²) in [5, 5.41) is 3.12. The normalized spacial score (nSPS) is 32.1. The van der Waals surface area contributed by atoms with Crippen LogP contribution in [0.15, 0.2) is 12.1 Å². The van der Waals surface area contributed by atoms with E-state index in [4.69, 9.17) is 9.47 Å². The first kappa shape index (κ1) is 18.9. The average molecular weight is 393 g/mol. The molecule has 148 valence electrons. The molecule has 0 saturated carbocycles. The molecule has 4 atom stereocenters. The molecule has 0 aromatic carbocycles. The minimum Gasteiger partial charge on any atom is -0.465 e. The minimum atomic E-state index is -0.272. The van der Waals surface area contributed by atoms with Crippen LogP contribution in [0.5, 0.6) is 0 Å². The Hall–Kier alpha value is -1.44. The van der Waals surface area contributed by atoms with Gasteiger partial charge in [0.1, 0.15) is 4.88 Å². The predicted octanol–water partition coefficient (Wildman–Crippen LogP) is 2.29. The van der Waals surface area contributed by atoms with Gasteiger partial charge in [-0.2, -0.15) is 0 Å². The van der Waals surface area contributed by atoms with E-state index in [1.807, 2.05) is 26.0 Å². The van der Waals surface area contributed by atoms with Crippen LogP contribution in [0.25, 0.3) is 0 Å². The van der Waals surface area contributed by atoms with Gasteiger partial charge in [-0.15, -0.1) is 11.3 Å². The second kappa shape index (κ2) is 7.18. The third kappa shape index (κ3) is 3.41. The Balaban J connectivity index is 1.40. The van der Waals surface area contributed by atoms with Crippen LogP contribution in [0.4, 0.5) is 0 Å². The number of carbonyl (C=O) groups is 2. The minimum absolute atomic E-state index is 0.0152. The van der Waals surface area contributed by atoms with E-state index in [0.29, 0.717) is 23.3 Å². The summed E-state index contributed by atoms with van der Waals surface area (Å²) in [5.74, 6) is 0.743. The Morgan fingerprint density at radius 2 is 2.26 bits per heavy atom. The first-order valence-electron chi connectivity index (χ1n) is 9.77. The molecule has 0 radical (unpaired) electrons. The summed E-state index contributed by atoms with van der Waals surface area (Å²) in [4.78, 5) is 27.9. The van der Waals surface area contributed by atoms with E-state index in [1.165, 1.54) is 23.3 Å². The van der Waals surface area contributed by atoms with Crippen molar-refractivity contribution >= 4 is 23.2 Å². The lowest BCUT2D eigenvalue weighted by Gasteiger charge is -2.29. The molecule has 6 nitrogen and oxygen atoms in total. The summed E-state index contributed by atoms with van der Waals surface area (Å²) >= 11 is 1.50. The van der Waals surface area contributed by atoms with Crippen molar-refractivity contribution in [1.82, 2.24) is 10.2 Å². The highest BCUT2D eigenvalue weighted by atomic mass is 32.1. The van der Waals surface area contributed by atoms with Crippen molar-refractivity contribution in [2.24, 2.45) is 17.8 Å². The summed E-state index contributed by atoms with van der Waals surface area (Å²) in [6.45, 7) is 7.33. The lowest BCUT2D eigenvalue weighted by Crippen LogP contribution is -2.42. The van der Waals surface area contributed by atoms with E-state index in [-0.39, 0.29) is 29.5 Å². The van der Waals surface area contributed by atoms with Crippen molar-refractivity contribution in [2.75, 3.05) is 26.7 Å². The summed E-state index contributed by atoms with van der Waals surface area (Å²) in [6.07, 6.45) is 2.50. The topological polar surface area (TPSA) is 67.9 Å². The van der Waals surface area contributed by atoms with Crippen molar-refractivity contribution < 1.29 is 19.1 Å². The third-order valence-electron chi connectivity index (χ3n) is 6.32. The smallest absolute Gasteiger partial charge is 0.348 e. The maximum absolute atomic E-state index is 12.0. The average Bonchev–Trinajstić information content (AvgIpc) is 3.39. The van der Waals surface area contributed by atoms with Gasteiger partial charge in [0.05, 0.1) is 18.8 Å². The van der Waals surface area contributed by atoms with Crippen molar-refractivity contribution in [3.05, 3.63) is 21.9 Å². The van der Waals surface area contributed by atoms with Crippen LogP contribution in [-0.4, -0.2) is 55.2 Å². The Morgan fingerprint density at radius 1 is 1.44 bits per heavy atom. The maximum Gasteiger partial charge on any atom is 0.348 e. The first-order chi connectivity index (χ1) is 12.9. The van der Waals surface area contributed by atoms with Gasteiger partial charge in [-0.3, -0.25) is 9.69 Å². The Bertz CT molecular complexity index is 733. The molecule has 3 saturated heterocycles. The molecule has 3 fully saturated rings. The van der Waals surface area contributed by atoms with E-state index in [0.717, 1.165) is 32.5 Å². The number of ether oxygens (including phenoxy) is 2. The molecule has 1 aromatic rings. The molecule has 27 heavy (non-hydrogen) atoms. The van der Waals surface area contributed by atoms with E-state index < -0.39 is 0 Å². The molecule has 1 amide bonds. The summed E-state index contributed by atoms with van der Waals surface area (Å²) in [6, 6.07) is 3.86. The molecule has 1 N–H and O–H groups in total. The Morgan fingerprint density at radius 3 is 3.00 bits per heavy atom. The number of fused-ring (bicyclic) bond motifs is 1. The largest absolute Gasteiger partial charge is 0.465 e. The van der Waals surface area contributed by atoms with Crippen LogP contribution in [0, 0.1) is 17.8 Å². The standard InChI is InChI=1S/C20H28N2O4S/c1-12(2)18(23)21-8-14-15-10-22(11-20(15)7-6-16(14)26-20)9-13-4-5-17(27-13)19(24)25-3/h4-5,12,14-16H,6-11H2,1-3H3,(H,21,23)/t14-,15+,16+,20+/m0/s1. The number of hydrogen-bond acceptors (Lipinski definition) is 6. The molecule has 1 spiro atoms. The predicted molar refractivity (Wildman–Crippen MR) is 103 cm³/mol. The molecule has 3 aliphatic rings. The van der Waals surface area contributed by atoms with E-state index >= 15 is 0 Å². The highest BCUT2D eigenvalue weighted by molar-refractivity contribution is 7.13. The van der Waals surface area contributed by atoms with Gasteiger partial charge < -0.3 is 14.8 Å². The Labute approximate surface area is 164 Å². The first-order valence-corrected chi connectivity index (χ1v) is 10.6. The van der Waals surface area contributed by atoms with Crippen molar-refractivity contribution in [2.45, 2.75) is 44.9 Å². The molecule has 3 aliphatic heterocycles. The van der Waals surface area contributed by atoms with Crippen LogP contribution in [0.3, 0.4) is 0 Å². The van der Waals surface area contributed by atoms with Gasteiger partial charge in [0.25, 0.3) is 0 Å². The maximum atomic E-state index is 12.0. The number of hydrogen-bond donors (Lipinski definition) is 1. The molecule has 4 rings (SSSR count). The van der Waals surface area contributed by atoms with Crippen molar-refractivity contribution in [3.63, 3.8) is 0 Å². The molecule has 0 aliphatic carbocycles. The zero-order chi connectivity index (χ0) is 19.2. The molecule has 0 unspecified atom stereocenters. The summed E-state index contributed by atoms with van der Waals surface area (Å²) < 4.78 is 11.3. The van der Waals surface area contributed by atoms with Gasteiger partial charge in [0, 0.05) is 48.8 Å². The number of amides is 1. The SMILES string of the molecule is COC(=O)c1ccc(CN2C[C@@H]3[C@H](CNC(=O)C(C)C)[C@H]4CC[C@]3(C2)O4)s1. The molecule has 2 bridgehead atoms. The fourth-order valence-corrected chi connectivity index (χ4v) is 5.96. The van der Waals surface area contributed by atoms with E-state index in [9.17, 15) is 9.59 Å². The van der Waals surface area contributed by atoms with Crippen LogP contribution in [-0.2, 0) is 20.8 Å². The zero-order valence-corrected chi connectivity index (χ0v) is 17.0. The molecule has 4 heterocycles. The summed E-state index contributed by atoms with van der Waals surface area (Å²) in [7, 11) is 1.41. The fraction of sp³-hybridized carbons (Fsp3) is 0.700. The summed E-state index contributed by atoms with van der Waals surface area (Å²) in [5.41, 5.74) is -0.0413. The number of carbonyl (C=O) groups excluding carboxylic acids is 2. The van der Waals surface area contributed by atoms with Crippen LogP contribution in [0.1, 0.15) is 41.2 Å². The lowest BCUT2D eigenvalue weighted by molar-refractivity contribution is -0.124. The molecular weight excluding hydrogens is 364 g/mol.